The summed E-state index contributed by atoms with van der Waals surface area (Å²) in [6.07, 6.45) is 2.46. The highest BCUT2D eigenvalue weighted by Crippen LogP contribution is 2.27. The lowest BCUT2D eigenvalue weighted by Crippen LogP contribution is -2.50. The third kappa shape index (κ3) is 6.19. The van der Waals surface area contributed by atoms with E-state index in [0.29, 0.717) is 28.5 Å². The summed E-state index contributed by atoms with van der Waals surface area (Å²) in [6, 6.07) is 4.77. The van der Waals surface area contributed by atoms with E-state index < -0.39 is 6.04 Å². The van der Waals surface area contributed by atoms with Gasteiger partial charge in [0.05, 0.1) is 0 Å². The lowest BCUT2D eigenvalue weighted by Gasteiger charge is -2.32. The minimum absolute atomic E-state index is 0.0635. The zero-order valence-electron chi connectivity index (χ0n) is 15.4. The van der Waals surface area contributed by atoms with Crippen molar-refractivity contribution in [3.63, 3.8) is 0 Å². The molecule has 4 nitrogen and oxygen atoms in total. The maximum absolute atomic E-state index is 12.7. The number of carbonyl (C=O) groups excluding carboxylic acids is 2. The highest BCUT2D eigenvalue weighted by Gasteiger charge is 2.29. The molecule has 1 aromatic carbocycles. The first kappa shape index (κ1) is 21.8. The van der Waals surface area contributed by atoms with Crippen LogP contribution in [-0.2, 0) is 16.1 Å². The van der Waals surface area contributed by atoms with Gasteiger partial charge < -0.3 is 10.2 Å². The Morgan fingerprint density at radius 1 is 1.12 bits per heavy atom. The standard InChI is InChI=1S/C19H28Cl2N2O2/c1-5-9-18(24)23(12-14-15(20)10-8-11-16(14)21)17(7-3)19(25)22-13(4)6-2/h8,10-11,13,17H,5-7,9,12H2,1-4H3,(H,22,25)/t13-,17+/m1/s1. The molecule has 0 heterocycles. The lowest BCUT2D eigenvalue weighted by molar-refractivity contribution is -0.141. The topological polar surface area (TPSA) is 49.4 Å². The summed E-state index contributed by atoms with van der Waals surface area (Å²) >= 11 is 12.5. The van der Waals surface area contributed by atoms with Gasteiger partial charge in [0.1, 0.15) is 6.04 Å². The van der Waals surface area contributed by atoms with Crippen LogP contribution in [0.25, 0.3) is 0 Å². The first-order chi connectivity index (χ1) is 11.8. The molecule has 0 aliphatic heterocycles. The molecule has 0 saturated carbocycles. The van der Waals surface area contributed by atoms with Gasteiger partial charge in [0.25, 0.3) is 0 Å². The Balaban J connectivity index is 3.13. The van der Waals surface area contributed by atoms with Gasteiger partial charge in [-0.2, -0.15) is 0 Å². The number of rotatable bonds is 9. The van der Waals surface area contributed by atoms with Crippen molar-refractivity contribution >= 4 is 35.0 Å². The number of halogens is 2. The summed E-state index contributed by atoms with van der Waals surface area (Å²) in [6.45, 7) is 8.03. The fourth-order valence-electron chi connectivity index (χ4n) is 2.57. The van der Waals surface area contributed by atoms with Crippen molar-refractivity contribution in [2.24, 2.45) is 0 Å². The Labute approximate surface area is 160 Å². The number of nitrogens with zero attached hydrogens (tertiary/aromatic N) is 1. The van der Waals surface area contributed by atoms with E-state index in [0.717, 1.165) is 12.8 Å². The Kier molecular flexibility index (Phi) is 9.30. The number of nitrogens with one attached hydrogen (secondary N) is 1. The third-order valence-electron chi connectivity index (χ3n) is 4.24. The Hall–Kier alpha value is -1.26. The molecule has 6 heteroatoms. The van der Waals surface area contributed by atoms with Gasteiger partial charge in [-0.05, 0) is 38.3 Å². The second-order valence-electron chi connectivity index (χ2n) is 6.21. The van der Waals surface area contributed by atoms with Gasteiger partial charge in [0.2, 0.25) is 11.8 Å². The Bertz CT molecular complexity index is 573. The quantitative estimate of drug-likeness (QED) is 0.661. The predicted octanol–water partition coefficient (Wildman–Crippen LogP) is 4.82. The van der Waals surface area contributed by atoms with Crippen LogP contribution < -0.4 is 5.32 Å². The molecule has 0 aliphatic carbocycles. The van der Waals surface area contributed by atoms with Gasteiger partial charge in [-0.25, -0.2) is 0 Å². The summed E-state index contributed by atoms with van der Waals surface area (Å²) < 4.78 is 0. The van der Waals surface area contributed by atoms with Gasteiger partial charge in [-0.15, -0.1) is 0 Å². The molecule has 1 N–H and O–H groups in total. The molecular formula is C19H28Cl2N2O2. The molecule has 25 heavy (non-hydrogen) atoms. The van der Waals surface area contributed by atoms with Gasteiger partial charge in [-0.1, -0.05) is 50.0 Å². The van der Waals surface area contributed by atoms with E-state index in [-0.39, 0.29) is 24.4 Å². The van der Waals surface area contributed by atoms with Crippen LogP contribution in [0, 0.1) is 0 Å². The average Bonchev–Trinajstić information content (AvgIpc) is 2.57. The van der Waals surface area contributed by atoms with Gasteiger partial charge in [-0.3, -0.25) is 9.59 Å². The molecule has 0 aliphatic rings. The number of hydrogen-bond acceptors (Lipinski definition) is 2. The van der Waals surface area contributed by atoms with Crippen LogP contribution in [0.3, 0.4) is 0 Å². The fraction of sp³-hybridized carbons (Fsp3) is 0.579. The van der Waals surface area contributed by atoms with E-state index in [9.17, 15) is 9.59 Å². The fourth-order valence-corrected chi connectivity index (χ4v) is 3.09. The van der Waals surface area contributed by atoms with Crippen LogP contribution in [0.15, 0.2) is 18.2 Å². The SMILES string of the molecule is CCCC(=O)N(Cc1c(Cl)cccc1Cl)[C@@H](CC)C(=O)N[C@H](C)CC. The molecule has 140 valence electrons. The van der Waals surface area contributed by atoms with Gasteiger partial charge in [0.15, 0.2) is 0 Å². The zero-order chi connectivity index (χ0) is 19.0. The summed E-state index contributed by atoms with van der Waals surface area (Å²) in [7, 11) is 0. The van der Waals surface area contributed by atoms with Crippen LogP contribution in [0.5, 0.6) is 0 Å². The predicted molar refractivity (Wildman–Crippen MR) is 104 cm³/mol. The highest BCUT2D eigenvalue weighted by atomic mass is 35.5. The summed E-state index contributed by atoms with van der Waals surface area (Å²) in [5, 5.41) is 3.97. The molecule has 2 amide bonds. The van der Waals surface area contributed by atoms with E-state index in [2.05, 4.69) is 5.32 Å². The first-order valence-corrected chi connectivity index (χ1v) is 9.63. The zero-order valence-corrected chi connectivity index (χ0v) is 17.0. The first-order valence-electron chi connectivity index (χ1n) is 8.88. The molecular weight excluding hydrogens is 359 g/mol. The molecule has 2 atom stereocenters. The van der Waals surface area contributed by atoms with E-state index in [1.54, 1.807) is 23.1 Å². The maximum Gasteiger partial charge on any atom is 0.243 e. The third-order valence-corrected chi connectivity index (χ3v) is 4.95. The minimum Gasteiger partial charge on any atom is -0.352 e. The average molecular weight is 387 g/mol. The van der Waals surface area contributed by atoms with Crippen LogP contribution in [0.4, 0.5) is 0 Å². The molecule has 1 rings (SSSR count). The largest absolute Gasteiger partial charge is 0.352 e. The van der Waals surface area contributed by atoms with Crippen LogP contribution in [0.1, 0.15) is 58.9 Å². The van der Waals surface area contributed by atoms with Crippen LogP contribution >= 0.6 is 23.2 Å². The van der Waals surface area contributed by atoms with Crippen molar-refractivity contribution in [3.05, 3.63) is 33.8 Å². The van der Waals surface area contributed by atoms with Crippen LogP contribution in [0.2, 0.25) is 10.0 Å². The van der Waals surface area contributed by atoms with E-state index >= 15 is 0 Å². The van der Waals surface area contributed by atoms with E-state index in [1.807, 2.05) is 27.7 Å². The Morgan fingerprint density at radius 3 is 2.20 bits per heavy atom. The monoisotopic (exact) mass is 386 g/mol. The second-order valence-corrected chi connectivity index (χ2v) is 7.03. The summed E-state index contributed by atoms with van der Waals surface area (Å²) in [4.78, 5) is 27.0. The lowest BCUT2D eigenvalue weighted by atomic mass is 10.1. The van der Waals surface area contributed by atoms with E-state index in [4.69, 9.17) is 23.2 Å². The van der Waals surface area contributed by atoms with Crippen molar-refractivity contribution in [2.45, 2.75) is 72.0 Å². The number of hydrogen-bond donors (Lipinski definition) is 1. The van der Waals surface area contributed by atoms with Crippen molar-refractivity contribution in [1.82, 2.24) is 10.2 Å². The molecule has 1 aromatic rings. The molecule has 0 fully saturated rings. The van der Waals surface area contributed by atoms with Crippen LogP contribution in [-0.4, -0.2) is 28.8 Å². The molecule has 0 unspecified atom stereocenters. The maximum atomic E-state index is 12.7. The number of carbonyl (C=O) groups is 2. The summed E-state index contributed by atoms with van der Waals surface area (Å²) in [5.41, 5.74) is 0.671. The number of amides is 2. The molecule has 0 bridgehead atoms. The minimum atomic E-state index is -0.541. The normalized spacial score (nSPS) is 13.2. The van der Waals surface area contributed by atoms with Gasteiger partial charge in [0, 0.05) is 34.6 Å². The number of benzene rings is 1. The molecule has 0 radical (unpaired) electrons. The molecule has 0 saturated heterocycles. The van der Waals surface area contributed by atoms with Gasteiger partial charge >= 0.3 is 0 Å². The highest BCUT2D eigenvalue weighted by molar-refractivity contribution is 6.36. The molecule has 0 aromatic heterocycles. The second kappa shape index (κ2) is 10.7. The van der Waals surface area contributed by atoms with Crippen molar-refractivity contribution in [2.75, 3.05) is 0 Å². The molecule has 0 spiro atoms. The Morgan fingerprint density at radius 2 is 1.72 bits per heavy atom. The van der Waals surface area contributed by atoms with E-state index in [1.165, 1.54) is 0 Å². The van der Waals surface area contributed by atoms with Crippen molar-refractivity contribution in [3.8, 4) is 0 Å². The summed E-state index contributed by atoms with van der Waals surface area (Å²) in [5.74, 6) is -0.200. The van der Waals surface area contributed by atoms with Crippen molar-refractivity contribution < 1.29 is 9.59 Å². The smallest absolute Gasteiger partial charge is 0.243 e. The van der Waals surface area contributed by atoms with Crippen molar-refractivity contribution in [1.29, 1.82) is 0 Å².